The molecule has 1 atom stereocenters. The van der Waals surface area contributed by atoms with Crippen molar-refractivity contribution in [3.05, 3.63) is 48.5 Å². The van der Waals surface area contributed by atoms with Crippen LogP contribution in [0.15, 0.2) is 53.4 Å². The lowest BCUT2D eigenvalue weighted by Crippen LogP contribution is -2.48. The molecule has 1 saturated heterocycles. The molecule has 0 saturated carbocycles. The van der Waals surface area contributed by atoms with E-state index in [9.17, 15) is 13.2 Å². The van der Waals surface area contributed by atoms with Crippen molar-refractivity contribution in [2.24, 2.45) is 0 Å². The molecule has 3 rings (SSSR count). The average Bonchev–Trinajstić information content (AvgIpc) is 2.79. The zero-order valence-electron chi connectivity index (χ0n) is 18.1. The van der Waals surface area contributed by atoms with Gasteiger partial charge in [0, 0.05) is 31.9 Å². The van der Waals surface area contributed by atoms with Gasteiger partial charge in [-0.25, -0.2) is 8.42 Å². The van der Waals surface area contributed by atoms with Crippen molar-refractivity contribution in [2.75, 3.05) is 45.2 Å². The number of benzene rings is 2. The van der Waals surface area contributed by atoms with E-state index in [0.29, 0.717) is 43.4 Å². The molecule has 0 radical (unpaired) electrons. The molecule has 0 bridgehead atoms. The second-order valence-corrected chi connectivity index (χ2v) is 9.23. The van der Waals surface area contributed by atoms with Crippen molar-refractivity contribution in [1.29, 1.82) is 0 Å². The van der Waals surface area contributed by atoms with Crippen LogP contribution in [0.3, 0.4) is 0 Å². The Morgan fingerprint density at radius 3 is 2.32 bits per heavy atom. The van der Waals surface area contributed by atoms with Crippen molar-refractivity contribution in [3.8, 4) is 11.5 Å². The van der Waals surface area contributed by atoms with Gasteiger partial charge in [-0.3, -0.25) is 4.79 Å². The van der Waals surface area contributed by atoms with Crippen LogP contribution >= 0.6 is 0 Å². The SMILES string of the molecule is CCN1CCN(S(=O)(=O)c2cccc(NC(=O)C(C)Oc3ccc(OC)cc3)c2)CC1. The van der Waals surface area contributed by atoms with Gasteiger partial charge in [-0.15, -0.1) is 0 Å². The van der Waals surface area contributed by atoms with E-state index in [-0.39, 0.29) is 10.8 Å². The molecule has 9 heteroatoms. The predicted molar refractivity (Wildman–Crippen MR) is 119 cm³/mol. The highest BCUT2D eigenvalue weighted by molar-refractivity contribution is 7.89. The summed E-state index contributed by atoms with van der Waals surface area (Å²) < 4.78 is 38.3. The molecule has 1 aliphatic rings. The summed E-state index contributed by atoms with van der Waals surface area (Å²) in [7, 11) is -2.04. The van der Waals surface area contributed by atoms with Gasteiger partial charge in [-0.1, -0.05) is 13.0 Å². The molecular weight excluding hydrogens is 418 g/mol. The molecule has 0 aliphatic carbocycles. The number of hydrogen-bond donors (Lipinski definition) is 1. The molecule has 1 aliphatic heterocycles. The van der Waals surface area contributed by atoms with Gasteiger partial charge < -0.3 is 19.7 Å². The van der Waals surface area contributed by atoms with E-state index >= 15 is 0 Å². The van der Waals surface area contributed by atoms with Crippen molar-refractivity contribution >= 4 is 21.6 Å². The Morgan fingerprint density at radius 1 is 1.06 bits per heavy atom. The monoisotopic (exact) mass is 447 g/mol. The molecule has 1 amide bonds. The number of anilines is 1. The quantitative estimate of drug-likeness (QED) is 0.669. The Hall–Kier alpha value is -2.62. The Bertz CT molecular complexity index is 986. The molecule has 2 aromatic carbocycles. The first kappa shape index (κ1) is 23.1. The van der Waals surface area contributed by atoms with Crippen LogP contribution in [-0.4, -0.2) is 69.5 Å². The molecule has 1 heterocycles. The molecule has 0 spiro atoms. The second kappa shape index (κ2) is 10.1. The first-order chi connectivity index (χ1) is 14.8. The average molecular weight is 448 g/mol. The Morgan fingerprint density at radius 2 is 1.71 bits per heavy atom. The number of carbonyl (C=O) groups is 1. The van der Waals surface area contributed by atoms with Crippen LogP contribution in [0.2, 0.25) is 0 Å². The number of sulfonamides is 1. The van der Waals surface area contributed by atoms with E-state index in [4.69, 9.17) is 9.47 Å². The van der Waals surface area contributed by atoms with Crippen LogP contribution in [0.5, 0.6) is 11.5 Å². The topological polar surface area (TPSA) is 88.2 Å². The summed E-state index contributed by atoms with van der Waals surface area (Å²) >= 11 is 0. The van der Waals surface area contributed by atoms with E-state index < -0.39 is 16.1 Å². The van der Waals surface area contributed by atoms with E-state index in [1.807, 2.05) is 0 Å². The highest BCUT2D eigenvalue weighted by Gasteiger charge is 2.28. The Balaban J connectivity index is 1.64. The van der Waals surface area contributed by atoms with Gasteiger partial charge in [0.2, 0.25) is 10.0 Å². The van der Waals surface area contributed by atoms with E-state index in [1.54, 1.807) is 56.5 Å². The third kappa shape index (κ3) is 5.75. The van der Waals surface area contributed by atoms with Crippen LogP contribution in [0, 0.1) is 0 Å². The fraction of sp³-hybridized carbons (Fsp3) is 0.409. The summed E-state index contributed by atoms with van der Waals surface area (Å²) in [5.41, 5.74) is 0.406. The first-order valence-electron chi connectivity index (χ1n) is 10.3. The van der Waals surface area contributed by atoms with Crippen LogP contribution < -0.4 is 14.8 Å². The summed E-state index contributed by atoms with van der Waals surface area (Å²) in [5.74, 6) is 0.853. The summed E-state index contributed by atoms with van der Waals surface area (Å²) in [6.45, 7) is 6.95. The number of carbonyl (C=O) groups excluding carboxylic acids is 1. The lowest BCUT2D eigenvalue weighted by atomic mass is 10.3. The van der Waals surface area contributed by atoms with Gasteiger partial charge in [-0.2, -0.15) is 4.31 Å². The van der Waals surface area contributed by atoms with E-state index in [2.05, 4.69) is 17.1 Å². The molecule has 8 nitrogen and oxygen atoms in total. The minimum Gasteiger partial charge on any atom is -0.497 e. The number of rotatable bonds is 8. The molecular formula is C22H29N3O5S. The van der Waals surface area contributed by atoms with Crippen molar-refractivity contribution in [3.63, 3.8) is 0 Å². The van der Waals surface area contributed by atoms with Crippen LogP contribution in [0.25, 0.3) is 0 Å². The molecule has 0 aromatic heterocycles. The normalized spacial score (nSPS) is 16.5. The van der Waals surface area contributed by atoms with Crippen molar-refractivity contribution < 1.29 is 22.7 Å². The summed E-state index contributed by atoms with van der Waals surface area (Å²) in [5, 5.41) is 2.74. The smallest absolute Gasteiger partial charge is 0.265 e. The molecule has 168 valence electrons. The number of hydrogen-bond acceptors (Lipinski definition) is 6. The van der Waals surface area contributed by atoms with E-state index in [0.717, 1.165) is 6.54 Å². The Labute approximate surface area is 183 Å². The zero-order valence-corrected chi connectivity index (χ0v) is 18.9. The van der Waals surface area contributed by atoms with Crippen molar-refractivity contribution in [1.82, 2.24) is 9.21 Å². The van der Waals surface area contributed by atoms with Gasteiger partial charge >= 0.3 is 0 Å². The number of amides is 1. The molecule has 31 heavy (non-hydrogen) atoms. The third-order valence-electron chi connectivity index (χ3n) is 5.26. The lowest BCUT2D eigenvalue weighted by Gasteiger charge is -2.33. The largest absolute Gasteiger partial charge is 0.497 e. The lowest BCUT2D eigenvalue weighted by molar-refractivity contribution is -0.122. The zero-order chi connectivity index (χ0) is 22.4. The number of nitrogens with zero attached hydrogens (tertiary/aromatic N) is 2. The van der Waals surface area contributed by atoms with Crippen LogP contribution in [0.1, 0.15) is 13.8 Å². The van der Waals surface area contributed by atoms with Crippen molar-refractivity contribution in [2.45, 2.75) is 24.8 Å². The van der Waals surface area contributed by atoms with Gasteiger partial charge in [-0.05, 0) is 55.9 Å². The predicted octanol–water partition coefficient (Wildman–Crippen LogP) is 2.43. The van der Waals surface area contributed by atoms with Gasteiger partial charge in [0.25, 0.3) is 5.91 Å². The van der Waals surface area contributed by atoms with Crippen LogP contribution in [0.4, 0.5) is 5.69 Å². The number of ether oxygens (including phenoxy) is 2. The van der Waals surface area contributed by atoms with Gasteiger partial charge in [0.15, 0.2) is 6.10 Å². The number of nitrogens with one attached hydrogen (secondary N) is 1. The minimum atomic E-state index is -3.62. The standard InChI is InChI=1S/C22H29N3O5S/c1-4-24-12-14-25(15-13-24)31(27,28)21-7-5-6-18(16-21)23-22(26)17(2)30-20-10-8-19(29-3)9-11-20/h5-11,16-17H,4,12-15H2,1-3H3,(H,23,26). The fourth-order valence-electron chi connectivity index (χ4n) is 3.33. The summed E-state index contributed by atoms with van der Waals surface area (Å²) in [6, 6.07) is 13.2. The van der Waals surface area contributed by atoms with E-state index in [1.165, 1.54) is 10.4 Å². The summed E-state index contributed by atoms with van der Waals surface area (Å²) in [4.78, 5) is 14.9. The highest BCUT2D eigenvalue weighted by Crippen LogP contribution is 2.22. The maximum Gasteiger partial charge on any atom is 0.265 e. The van der Waals surface area contributed by atoms with Crippen LogP contribution in [-0.2, 0) is 14.8 Å². The molecule has 1 fully saturated rings. The molecule has 1 unspecified atom stereocenters. The number of piperazine rings is 1. The molecule has 2 aromatic rings. The Kier molecular flexibility index (Phi) is 7.53. The fourth-order valence-corrected chi connectivity index (χ4v) is 4.79. The number of likely N-dealkylation sites (N-methyl/N-ethyl adjacent to an activating group) is 1. The maximum absolute atomic E-state index is 13.0. The number of methoxy groups -OCH3 is 1. The minimum absolute atomic E-state index is 0.166. The van der Waals surface area contributed by atoms with Gasteiger partial charge in [0.1, 0.15) is 11.5 Å². The second-order valence-electron chi connectivity index (χ2n) is 7.29. The maximum atomic E-state index is 13.0. The highest BCUT2D eigenvalue weighted by atomic mass is 32.2. The van der Waals surface area contributed by atoms with Gasteiger partial charge in [0.05, 0.1) is 12.0 Å². The first-order valence-corrected chi connectivity index (χ1v) is 11.7. The summed E-state index contributed by atoms with van der Waals surface area (Å²) in [6.07, 6.45) is -0.768. The molecule has 1 N–H and O–H groups in total. The third-order valence-corrected chi connectivity index (χ3v) is 7.15.